The Hall–Kier alpha value is -3.91. The van der Waals surface area contributed by atoms with Crippen LogP contribution in [0.3, 0.4) is 0 Å². The Kier molecular flexibility index (Phi) is 5.45. The van der Waals surface area contributed by atoms with Crippen LogP contribution in [0.1, 0.15) is 29.5 Å². The number of amides is 1. The van der Waals surface area contributed by atoms with Gasteiger partial charge in [0.2, 0.25) is 0 Å². The highest BCUT2D eigenvalue weighted by Gasteiger charge is 2.67. The zero-order chi connectivity index (χ0) is 23.9. The lowest BCUT2D eigenvalue weighted by atomic mass is 9.78. The summed E-state index contributed by atoms with van der Waals surface area (Å²) in [6, 6.07) is 20.7. The van der Waals surface area contributed by atoms with Gasteiger partial charge in [-0.3, -0.25) is 20.2 Å². The first-order valence-corrected chi connectivity index (χ1v) is 11.1. The van der Waals surface area contributed by atoms with Crippen molar-refractivity contribution in [3.05, 3.63) is 99.6 Å². The highest BCUT2D eigenvalue weighted by Crippen LogP contribution is 2.50. The number of hydrogen-bond acceptors (Lipinski definition) is 6. The predicted octanol–water partition coefficient (Wildman–Crippen LogP) is 3.84. The summed E-state index contributed by atoms with van der Waals surface area (Å²) in [7, 11) is 1.54. The Morgan fingerprint density at radius 2 is 1.76 bits per heavy atom. The minimum Gasteiger partial charge on any atom is -0.493 e. The molecule has 8 nitrogen and oxygen atoms in total. The largest absolute Gasteiger partial charge is 0.493 e. The number of para-hydroxylation sites is 1. The number of ether oxygens (including phenoxy) is 2. The Morgan fingerprint density at radius 3 is 2.50 bits per heavy atom. The third kappa shape index (κ3) is 3.38. The zero-order valence-corrected chi connectivity index (χ0v) is 18.9. The number of rotatable bonds is 6. The molecule has 0 unspecified atom stereocenters. The third-order valence-corrected chi connectivity index (χ3v) is 6.77. The van der Waals surface area contributed by atoms with E-state index in [1.165, 1.54) is 7.11 Å². The third-order valence-electron chi connectivity index (χ3n) is 6.77. The smallest absolute Gasteiger partial charge is 0.256 e. The van der Waals surface area contributed by atoms with Crippen molar-refractivity contribution in [1.29, 1.82) is 0 Å². The summed E-state index contributed by atoms with van der Waals surface area (Å²) in [5.74, 6) is 0.0634. The number of benzene rings is 3. The molecule has 0 aromatic heterocycles. The summed E-state index contributed by atoms with van der Waals surface area (Å²) in [5, 5.41) is 18.6. The molecule has 2 heterocycles. The van der Waals surface area contributed by atoms with Crippen LogP contribution in [0, 0.1) is 10.1 Å². The van der Waals surface area contributed by atoms with E-state index in [2.05, 4.69) is 10.6 Å². The molecule has 1 saturated heterocycles. The van der Waals surface area contributed by atoms with Crippen molar-refractivity contribution >= 4 is 11.6 Å². The van der Waals surface area contributed by atoms with Gasteiger partial charge in [-0.15, -0.1) is 0 Å². The van der Waals surface area contributed by atoms with Crippen LogP contribution in [-0.4, -0.2) is 30.0 Å². The minimum atomic E-state index is -1.44. The topological polar surface area (TPSA) is 103 Å². The van der Waals surface area contributed by atoms with Gasteiger partial charge < -0.3 is 14.8 Å². The maximum atomic E-state index is 13.2. The molecule has 1 amide bonds. The van der Waals surface area contributed by atoms with Crippen LogP contribution in [0.4, 0.5) is 5.69 Å². The Balaban J connectivity index is 1.51. The number of nitro groups is 1. The number of nitrogens with zero attached hydrogens (tertiary/aromatic N) is 1. The fraction of sp³-hybridized carbons (Fsp3) is 0.269. The van der Waals surface area contributed by atoms with Gasteiger partial charge in [-0.05, 0) is 36.2 Å². The second-order valence-corrected chi connectivity index (χ2v) is 8.68. The van der Waals surface area contributed by atoms with Gasteiger partial charge in [0.15, 0.2) is 17.0 Å². The molecule has 5 rings (SSSR count). The number of nitrogens with one attached hydrogen (secondary N) is 2. The first-order chi connectivity index (χ1) is 16.5. The Bertz CT molecular complexity index is 1250. The van der Waals surface area contributed by atoms with Crippen molar-refractivity contribution in [2.75, 3.05) is 12.4 Å². The molecule has 3 aromatic rings. The quantitative estimate of drug-likeness (QED) is 0.429. The van der Waals surface area contributed by atoms with Gasteiger partial charge >= 0.3 is 0 Å². The van der Waals surface area contributed by atoms with E-state index in [1.54, 1.807) is 36.4 Å². The average molecular weight is 460 g/mol. The van der Waals surface area contributed by atoms with Crippen molar-refractivity contribution in [3.63, 3.8) is 0 Å². The molecule has 0 radical (unpaired) electrons. The summed E-state index contributed by atoms with van der Waals surface area (Å²) in [4.78, 5) is 25.3. The standard InChI is InChI=1S/C26H25N3O5/c1-16-23(18-12-13-21(22(14-18)33-2)34-15-17-8-4-3-5-9-17)24(29(31)32)26(28-16)19-10-6-7-11-20(19)27-25(26)30/h3-14,16,23-24,28H,15H2,1-2H3,(H,27,30)/t16-,23-,24+,26+/m0/s1. The van der Waals surface area contributed by atoms with Crippen molar-refractivity contribution in [2.24, 2.45) is 0 Å². The van der Waals surface area contributed by atoms with Gasteiger partial charge in [0.25, 0.3) is 11.9 Å². The number of hydrogen-bond donors (Lipinski definition) is 2. The first kappa shape index (κ1) is 21.9. The zero-order valence-electron chi connectivity index (χ0n) is 18.9. The van der Waals surface area contributed by atoms with Crippen molar-refractivity contribution < 1.29 is 19.2 Å². The fourth-order valence-corrected chi connectivity index (χ4v) is 5.30. The average Bonchev–Trinajstić information content (AvgIpc) is 3.32. The highest BCUT2D eigenvalue weighted by atomic mass is 16.6. The van der Waals surface area contributed by atoms with Crippen molar-refractivity contribution in [3.8, 4) is 11.5 Å². The van der Waals surface area contributed by atoms with E-state index in [9.17, 15) is 14.9 Å². The molecular weight excluding hydrogens is 434 g/mol. The Labute approximate surface area is 197 Å². The summed E-state index contributed by atoms with van der Waals surface area (Å²) in [5.41, 5.74) is 1.48. The first-order valence-electron chi connectivity index (χ1n) is 11.1. The predicted molar refractivity (Wildman–Crippen MR) is 127 cm³/mol. The van der Waals surface area contributed by atoms with Crippen LogP contribution in [0.5, 0.6) is 11.5 Å². The van der Waals surface area contributed by atoms with Crippen molar-refractivity contribution in [1.82, 2.24) is 5.32 Å². The van der Waals surface area contributed by atoms with E-state index in [4.69, 9.17) is 9.47 Å². The Morgan fingerprint density at radius 1 is 1.03 bits per heavy atom. The molecule has 2 aliphatic rings. The van der Waals surface area contributed by atoms with Gasteiger partial charge in [-0.2, -0.15) is 0 Å². The SMILES string of the molecule is COc1cc([C@@H]2[C@H](C)N[C@@]3(C(=O)Nc4ccccc43)[C@@H]2[N+](=O)[O-])ccc1OCc1ccccc1. The molecule has 4 atom stereocenters. The summed E-state index contributed by atoms with van der Waals surface area (Å²) >= 11 is 0. The molecule has 3 aromatic carbocycles. The number of carbonyl (C=O) groups is 1. The molecule has 2 aliphatic heterocycles. The number of methoxy groups -OCH3 is 1. The molecule has 0 bridgehead atoms. The van der Waals surface area contributed by atoms with Crippen LogP contribution < -0.4 is 20.1 Å². The molecule has 1 spiro atoms. The van der Waals surface area contributed by atoms with Gasteiger partial charge in [0, 0.05) is 22.2 Å². The molecule has 0 aliphatic carbocycles. The van der Waals surface area contributed by atoms with E-state index < -0.39 is 23.4 Å². The summed E-state index contributed by atoms with van der Waals surface area (Å²) in [6.45, 7) is 2.24. The van der Waals surface area contributed by atoms with Gasteiger partial charge in [-0.25, -0.2) is 0 Å². The molecule has 0 saturated carbocycles. The van der Waals surface area contributed by atoms with Crippen LogP contribution >= 0.6 is 0 Å². The molecule has 1 fully saturated rings. The molecule has 34 heavy (non-hydrogen) atoms. The van der Waals surface area contributed by atoms with Crippen LogP contribution in [0.15, 0.2) is 72.8 Å². The van der Waals surface area contributed by atoms with Crippen LogP contribution in [0.2, 0.25) is 0 Å². The summed E-state index contributed by atoms with van der Waals surface area (Å²) in [6.07, 6.45) is 0. The number of anilines is 1. The normalized spacial score (nSPS) is 25.1. The molecule has 8 heteroatoms. The maximum absolute atomic E-state index is 13.2. The summed E-state index contributed by atoms with van der Waals surface area (Å²) < 4.78 is 11.5. The van der Waals surface area contributed by atoms with Gasteiger partial charge in [0.05, 0.1) is 13.0 Å². The maximum Gasteiger partial charge on any atom is 0.256 e. The lowest BCUT2D eigenvalue weighted by Gasteiger charge is -2.25. The fourth-order valence-electron chi connectivity index (χ4n) is 5.30. The lowest BCUT2D eigenvalue weighted by Crippen LogP contribution is -2.54. The second kappa shape index (κ2) is 8.46. The van der Waals surface area contributed by atoms with Gasteiger partial charge in [-0.1, -0.05) is 54.6 Å². The molecule has 2 N–H and O–H groups in total. The van der Waals surface area contributed by atoms with Crippen molar-refractivity contribution in [2.45, 2.75) is 37.1 Å². The van der Waals surface area contributed by atoms with E-state index >= 15 is 0 Å². The van der Waals surface area contributed by atoms with Crippen LogP contribution in [0.25, 0.3) is 0 Å². The van der Waals surface area contributed by atoms with Gasteiger partial charge in [0.1, 0.15) is 6.61 Å². The number of fused-ring (bicyclic) bond motifs is 2. The second-order valence-electron chi connectivity index (χ2n) is 8.68. The van der Waals surface area contributed by atoms with Crippen LogP contribution in [-0.2, 0) is 16.9 Å². The molecule has 174 valence electrons. The monoisotopic (exact) mass is 459 g/mol. The minimum absolute atomic E-state index is 0.338. The lowest BCUT2D eigenvalue weighted by molar-refractivity contribution is -0.532. The van der Waals surface area contributed by atoms with E-state index in [0.717, 1.165) is 5.56 Å². The highest BCUT2D eigenvalue weighted by molar-refractivity contribution is 6.07. The van der Waals surface area contributed by atoms with E-state index in [1.807, 2.05) is 43.3 Å². The number of carbonyl (C=O) groups excluding carboxylic acids is 1. The van der Waals surface area contributed by atoms with E-state index in [-0.39, 0.29) is 11.0 Å². The van der Waals surface area contributed by atoms with E-state index in [0.29, 0.717) is 34.9 Å². The molecular formula is C26H25N3O5.